The molecule has 0 unspecified atom stereocenters. The Labute approximate surface area is 233 Å². The van der Waals surface area contributed by atoms with Crippen LogP contribution in [0, 0.1) is 17.0 Å². The largest absolute Gasteiger partial charge is 0.486 e. The molecule has 0 saturated carbocycles. The summed E-state index contributed by atoms with van der Waals surface area (Å²) in [5.41, 5.74) is 6.47. The first-order chi connectivity index (χ1) is 19.5. The van der Waals surface area contributed by atoms with Crippen LogP contribution in [0.3, 0.4) is 0 Å². The highest BCUT2D eigenvalue weighted by Gasteiger charge is 2.27. The molecule has 0 bridgehead atoms. The van der Waals surface area contributed by atoms with Gasteiger partial charge in [-0.2, -0.15) is 5.10 Å². The number of rotatable bonds is 9. The lowest BCUT2D eigenvalue weighted by Gasteiger charge is -2.10. The van der Waals surface area contributed by atoms with Gasteiger partial charge in [0.25, 0.3) is 23.9 Å². The average molecular weight is 583 g/mol. The van der Waals surface area contributed by atoms with E-state index in [1.165, 1.54) is 48.7 Å². The van der Waals surface area contributed by atoms with E-state index in [2.05, 4.69) is 15.4 Å². The molecule has 5 rings (SSSR count). The molecule has 210 valence electrons. The third-order valence-corrected chi connectivity index (χ3v) is 7.31. The monoisotopic (exact) mass is 582 g/mol. The van der Waals surface area contributed by atoms with Crippen molar-refractivity contribution in [2.24, 2.45) is 12.8 Å². The number of furan rings is 1. The first kappa shape index (κ1) is 27.4. The second-order valence-electron chi connectivity index (χ2n) is 8.77. The zero-order valence-corrected chi connectivity index (χ0v) is 22.2. The molecule has 3 N–H and O–H groups in total. The van der Waals surface area contributed by atoms with Crippen molar-refractivity contribution in [1.82, 2.24) is 14.8 Å². The smallest absolute Gasteiger partial charge is 0.291 e. The number of aryl methyl sites for hydroxylation is 1. The minimum atomic E-state index is -2.89. The van der Waals surface area contributed by atoms with Crippen molar-refractivity contribution in [3.63, 3.8) is 0 Å². The Bertz CT molecular complexity index is 1810. The summed E-state index contributed by atoms with van der Waals surface area (Å²) in [6.07, 6.45) is -1.39. The molecule has 5 aromatic rings. The summed E-state index contributed by atoms with van der Waals surface area (Å²) in [4.78, 5) is 39.8. The number of hydrogen-bond donors (Lipinski definition) is 2. The Morgan fingerprint density at radius 3 is 2.56 bits per heavy atom. The molecule has 4 aromatic heterocycles. The molecule has 0 aliphatic carbocycles. The number of fused-ring (bicyclic) bond motifs is 1. The van der Waals surface area contributed by atoms with Crippen LogP contribution in [0.2, 0.25) is 0 Å². The van der Waals surface area contributed by atoms with Crippen molar-refractivity contribution in [1.29, 1.82) is 0 Å². The number of nitrogens with zero attached hydrogens (tertiary/aromatic N) is 4. The van der Waals surface area contributed by atoms with Gasteiger partial charge in [-0.15, -0.1) is 11.3 Å². The number of alkyl halides is 2. The van der Waals surface area contributed by atoms with E-state index in [0.29, 0.717) is 22.6 Å². The Hall–Kier alpha value is -5.18. The summed E-state index contributed by atoms with van der Waals surface area (Å²) >= 11 is 0.782. The van der Waals surface area contributed by atoms with E-state index in [0.717, 1.165) is 11.3 Å². The molecule has 0 aliphatic rings. The van der Waals surface area contributed by atoms with Crippen molar-refractivity contribution in [3.8, 4) is 16.9 Å². The normalized spacial score (nSPS) is 11.2. The molecule has 15 heteroatoms. The van der Waals surface area contributed by atoms with Crippen molar-refractivity contribution >= 4 is 44.7 Å². The number of non-ortho nitro benzene ring substituents is 1. The number of nitro benzene ring substituents is 1. The topological polar surface area (TPSA) is 168 Å². The SMILES string of the molecule is Cc1c(-c2cc(C(F)F)nc3sc(C(N)=O)c(NC(=O)c4ccc(COc5ccc([N+](=O)[O-])cc5)o4)c23)cnn1C. The molecule has 0 atom stereocenters. The summed E-state index contributed by atoms with van der Waals surface area (Å²) in [6, 6.07) is 9.53. The van der Waals surface area contributed by atoms with Crippen LogP contribution in [0.4, 0.5) is 20.2 Å². The lowest BCUT2D eigenvalue weighted by Crippen LogP contribution is -2.16. The van der Waals surface area contributed by atoms with Crippen molar-refractivity contribution in [3.05, 3.63) is 86.6 Å². The predicted molar refractivity (Wildman–Crippen MR) is 144 cm³/mol. The molecule has 41 heavy (non-hydrogen) atoms. The van der Waals surface area contributed by atoms with E-state index in [1.54, 1.807) is 18.7 Å². The van der Waals surface area contributed by atoms with Crippen molar-refractivity contribution < 1.29 is 32.4 Å². The van der Waals surface area contributed by atoms with Crippen LogP contribution in [0.1, 0.15) is 43.8 Å². The van der Waals surface area contributed by atoms with Crippen LogP contribution in [-0.2, 0) is 13.7 Å². The van der Waals surface area contributed by atoms with Crippen LogP contribution >= 0.6 is 11.3 Å². The minimum Gasteiger partial charge on any atom is -0.486 e. The van der Waals surface area contributed by atoms with Gasteiger partial charge >= 0.3 is 0 Å². The lowest BCUT2D eigenvalue weighted by atomic mass is 10.0. The third kappa shape index (κ3) is 5.34. The average Bonchev–Trinajstić information content (AvgIpc) is 3.65. The molecule has 0 saturated heterocycles. The Morgan fingerprint density at radius 1 is 1.22 bits per heavy atom. The van der Waals surface area contributed by atoms with Gasteiger partial charge in [-0.1, -0.05) is 0 Å². The number of thiophene rings is 1. The zero-order valence-electron chi connectivity index (χ0n) is 21.4. The number of halogens is 2. The molecule has 1 aromatic carbocycles. The third-order valence-electron chi connectivity index (χ3n) is 6.21. The maximum Gasteiger partial charge on any atom is 0.291 e. The van der Waals surface area contributed by atoms with Gasteiger partial charge in [0.05, 0.1) is 16.8 Å². The summed E-state index contributed by atoms with van der Waals surface area (Å²) in [6.45, 7) is 1.67. The molecule has 0 fully saturated rings. The van der Waals surface area contributed by atoms with Crippen LogP contribution in [0.5, 0.6) is 5.75 Å². The molecule has 2 amide bonds. The maximum atomic E-state index is 13.7. The fourth-order valence-electron chi connectivity index (χ4n) is 4.07. The Kier molecular flexibility index (Phi) is 7.19. The first-order valence-corrected chi connectivity index (χ1v) is 12.7. The highest BCUT2D eigenvalue weighted by molar-refractivity contribution is 7.21. The molecule has 0 aliphatic heterocycles. The van der Waals surface area contributed by atoms with E-state index in [9.17, 15) is 28.5 Å². The number of carbonyl (C=O) groups is 2. The van der Waals surface area contributed by atoms with Gasteiger partial charge in [0, 0.05) is 35.8 Å². The van der Waals surface area contributed by atoms with E-state index < -0.39 is 28.9 Å². The fourth-order valence-corrected chi connectivity index (χ4v) is 5.08. The number of nitrogens with one attached hydrogen (secondary N) is 1. The number of carbonyl (C=O) groups excluding carboxylic acids is 2. The van der Waals surface area contributed by atoms with E-state index in [-0.39, 0.29) is 44.6 Å². The van der Waals surface area contributed by atoms with E-state index in [1.807, 2.05) is 0 Å². The number of nitrogens with two attached hydrogens (primary N) is 1. The lowest BCUT2D eigenvalue weighted by molar-refractivity contribution is -0.384. The van der Waals surface area contributed by atoms with Crippen LogP contribution in [0.15, 0.2) is 53.1 Å². The number of hydrogen-bond acceptors (Lipinski definition) is 9. The fraction of sp³-hybridized carbons (Fsp3) is 0.154. The Balaban J connectivity index is 1.46. The highest BCUT2D eigenvalue weighted by atomic mass is 32.1. The number of anilines is 1. The van der Waals surface area contributed by atoms with Gasteiger partial charge in [-0.25, -0.2) is 13.8 Å². The number of nitro groups is 1. The van der Waals surface area contributed by atoms with Crippen molar-refractivity contribution in [2.45, 2.75) is 20.0 Å². The molecule has 12 nitrogen and oxygen atoms in total. The van der Waals surface area contributed by atoms with E-state index >= 15 is 0 Å². The maximum absolute atomic E-state index is 13.7. The number of amides is 2. The van der Waals surface area contributed by atoms with Gasteiger partial charge in [0.15, 0.2) is 5.76 Å². The van der Waals surface area contributed by atoms with Gasteiger partial charge in [0.2, 0.25) is 0 Å². The summed E-state index contributed by atoms with van der Waals surface area (Å²) in [7, 11) is 1.69. The minimum absolute atomic E-state index is 0.00847. The molecule has 0 spiro atoms. The number of aromatic nitrogens is 3. The highest BCUT2D eigenvalue weighted by Crippen LogP contribution is 2.43. The van der Waals surface area contributed by atoms with Crippen LogP contribution in [-0.4, -0.2) is 31.5 Å². The number of ether oxygens (including phenoxy) is 1. The zero-order chi connectivity index (χ0) is 29.4. The van der Waals surface area contributed by atoms with E-state index in [4.69, 9.17) is 14.9 Å². The molecule has 0 radical (unpaired) electrons. The molecule has 4 heterocycles. The summed E-state index contributed by atoms with van der Waals surface area (Å²) in [5.74, 6) is -1.12. The van der Waals surface area contributed by atoms with Gasteiger partial charge < -0.3 is 20.2 Å². The number of primary amides is 1. The molecular formula is C26H20F2N6O6S. The first-order valence-electron chi connectivity index (χ1n) is 11.8. The van der Waals surface area contributed by atoms with Crippen LogP contribution in [0.25, 0.3) is 21.3 Å². The molecular weight excluding hydrogens is 562 g/mol. The van der Waals surface area contributed by atoms with Crippen molar-refractivity contribution in [2.75, 3.05) is 5.32 Å². The van der Waals surface area contributed by atoms with Gasteiger partial charge in [0.1, 0.15) is 33.5 Å². The summed E-state index contributed by atoms with van der Waals surface area (Å²) < 4.78 is 40.2. The van der Waals surface area contributed by atoms with Gasteiger partial charge in [-0.05, 0) is 42.8 Å². The van der Waals surface area contributed by atoms with Gasteiger partial charge in [-0.3, -0.25) is 24.4 Å². The number of benzene rings is 1. The summed E-state index contributed by atoms with van der Waals surface area (Å²) in [5, 5.41) is 17.9. The standard InChI is InChI=1S/C26H20F2N6O6S/c1-12-17(10-30-33(12)2)16-9-18(23(27)28)31-26-20(16)21(22(41-26)24(29)35)32-25(36)19-8-7-15(40-19)11-39-14-5-3-13(4-6-14)34(37)38/h3-10,23H,11H2,1-2H3,(H2,29,35)(H,32,36). The predicted octanol–water partition coefficient (Wildman–Crippen LogP) is 5.37. The second-order valence-corrected chi connectivity index (χ2v) is 9.77. The quantitative estimate of drug-likeness (QED) is 0.173. The van der Waals surface area contributed by atoms with Crippen LogP contribution < -0.4 is 15.8 Å². The second kappa shape index (κ2) is 10.8. The Morgan fingerprint density at radius 2 is 1.95 bits per heavy atom. The number of pyridine rings is 1.